The third-order valence-corrected chi connectivity index (χ3v) is 4.65. The third kappa shape index (κ3) is 5.09. The van der Waals surface area contributed by atoms with E-state index in [0.29, 0.717) is 25.4 Å². The Hall–Kier alpha value is -4.21. The third-order valence-electron chi connectivity index (χ3n) is 4.65. The van der Waals surface area contributed by atoms with Crippen LogP contribution in [0.5, 0.6) is 5.88 Å². The highest BCUT2D eigenvalue weighted by Crippen LogP contribution is 2.18. The molecule has 1 aromatic carbocycles. The first kappa shape index (κ1) is 21.0. The zero-order valence-electron chi connectivity index (χ0n) is 17.0. The molecular formula is C22H21FN6O3. The van der Waals surface area contributed by atoms with Gasteiger partial charge in [0.15, 0.2) is 5.69 Å². The van der Waals surface area contributed by atoms with E-state index >= 15 is 0 Å². The summed E-state index contributed by atoms with van der Waals surface area (Å²) in [5.41, 5.74) is 1.80. The van der Waals surface area contributed by atoms with E-state index in [1.165, 1.54) is 23.0 Å². The summed E-state index contributed by atoms with van der Waals surface area (Å²) in [6, 6.07) is 11.7. The van der Waals surface area contributed by atoms with Gasteiger partial charge < -0.3 is 20.4 Å². The van der Waals surface area contributed by atoms with Crippen LogP contribution in [0.15, 0.2) is 66.0 Å². The van der Waals surface area contributed by atoms with Gasteiger partial charge in [0.25, 0.3) is 5.56 Å². The number of H-pyrrole nitrogens is 1. The number of hydrogen-bond acceptors (Lipinski definition) is 6. The number of amides is 1. The Morgan fingerprint density at radius 3 is 2.84 bits per heavy atom. The van der Waals surface area contributed by atoms with Gasteiger partial charge in [-0.2, -0.15) is 0 Å². The second-order valence-electron chi connectivity index (χ2n) is 6.96. The van der Waals surface area contributed by atoms with Gasteiger partial charge in [-0.3, -0.25) is 19.1 Å². The number of pyridine rings is 1. The van der Waals surface area contributed by atoms with Gasteiger partial charge in [-0.25, -0.2) is 9.37 Å². The number of halogens is 1. The van der Waals surface area contributed by atoms with Crippen molar-refractivity contribution < 1.29 is 13.9 Å². The molecule has 3 N–H and O–H groups in total. The summed E-state index contributed by atoms with van der Waals surface area (Å²) in [5, 5.41) is 6.72. The molecule has 0 bridgehead atoms. The van der Waals surface area contributed by atoms with Gasteiger partial charge >= 0.3 is 0 Å². The second kappa shape index (κ2) is 9.73. The van der Waals surface area contributed by atoms with Gasteiger partial charge in [-0.15, -0.1) is 0 Å². The zero-order valence-corrected chi connectivity index (χ0v) is 17.0. The van der Waals surface area contributed by atoms with E-state index in [1.807, 2.05) is 12.1 Å². The molecule has 4 aromatic rings. The fraction of sp³-hybridized carbons (Fsp3) is 0.182. The number of benzene rings is 1. The lowest BCUT2D eigenvalue weighted by atomic mass is 10.3. The van der Waals surface area contributed by atoms with Gasteiger partial charge in [0.1, 0.15) is 25.3 Å². The monoisotopic (exact) mass is 436 g/mol. The molecule has 4 heterocycles. The van der Waals surface area contributed by atoms with Crippen LogP contribution in [-0.2, 0) is 17.9 Å². The molecule has 0 radical (unpaired) electrons. The number of ether oxygens (including phenoxy) is 1. The topological polar surface area (TPSA) is 114 Å². The van der Waals surface area contributed by atoms with Crippen LogP contribution in [0, 0.1) is 5.82 Å². The van der Waals surface area contributed by atoms with Crippen molar-refractivity contribution in [3.63, 3.8) is 0 Å². The molecule has 1 aliphatic heterocycles. The van der Waals surface area contributed by atoms with Crippen molar-refractivity contribution in [2.24, 2.45) is 0 Å². The average molecular weight is 436 g/mol. The Morgan fingerprint density at radius 1 is 1.25 bits per heavy atom. The van der Waals surface area contributed by atoms with Crippen molar-refractivity contribution in [3.05, 3.63) is 83.1 Å². The van der Waals surface area contributed by atoms with E-state index in [-0.39, 0.29) is 29.7 Å². The Labute approximate surface area is 182 Å². The highest BCUT2D eigenvalue weighted by molar-refractivity contribution is 5.79. The summed E-state index contributed by atoms with van der Waals surface area (Å²) in [5.74, 6) is -0.181. The summed E-state index contributed by atoms with van der Waals surface area (Å²) in [7, 11) is 0. The Bertz CT molecular complexity index is 1240. The molecule has 1 amide bonds. The number of carbonyl (C=O) groups excluding carboxylic acids is 1. The van der Waals surface area contributed by atoms with Crippen molar-refractivity contribution >= 4 is 22.5 Å². The number of aromatic amines is 1. The number of carbonyl (C=O) groups is 1. The van der Waals surface area contributed by atoms with E-state index in [2.05, 4.69) is 25.6 Å². The summed E-state index contributed by atoms with van der Waals surface area (Å²) in [6.07, 6.45) is 4.78. The highest BCUT2D eigenvalue weighted by Gasteiger charge is 2.17. The van der Waals surface area contributed by atoms with Crippen molar-refractivity contribution in [2.45, 2.75) is 13.1 Å². The van der Waals surface area contributed by atoms with Crippen molar-refractivity contribution in [2.75, 3.05) is 18.5 Å². The summed E-state index contributed by atoms with van der Waals surface area (Å²) >= 11 is 0. The molecule has 10 heteroatoms. The molecule has 0 atom stereocenters. The normalized spacial score (nSPS) is 12.0. The van der Waals surface area contributed by atoms with Gasteiger partial charge in [-0.1, -0.05) is 18.2 Å². The molecule has 5 rings (SSSR count). The fourth-order valence-electron chi connectivity index (χ4n) is 3.12. The van der Waals surface area contributed by atoms with Gasteiger partial charge in [0, 0.05) is 35.5 Å². The molecule has 1 aliphatic rings. The van der Waals surface area contributed by atoms with Crippen molar-refractivity contribution in [1.29, 1.82) is 0 Å². The minimum atomic E-state index is -0.323. The van der Waals surface area contributed by atoms with E-state index < -0.39 is 0 Å². The van der Waals surface area contributed by atoms with E-state index in [0.717, 1.165) is 16.6 Å². The molecule has 0 unspecified atom stereocenters. The molecule has 0 spiro atoms. The number of hydrogen-bond donors (Lipinski definition) is 3. The van der Waals surface area contributed by atoms with Crippen LogP contribution in [-0.4, -0.2) is 38.6 Å². The van der Waals surface area contributed by atoms with Gasteiger partial charge in [0.05, 0.1) is 6.54 Å². The quantitative estimate of drug-likeness (QED) is 0.451. The van der Waals surface area contributed by atoms with Crippen LogP contribution in [0.1, 0.15) is 5.69 Å². The molecule has 0 saturated heterocycles. The maximum atomic E-state index is 12.3. The van der Waals surface area contributed by atoms with Crippen molar-refractivity contribution in [3.8, 4) is 5.88 Å². The smallest absolute Gasteiger partial charge is 0.281 e. The largest absolute Gasteiger partial charge is 0.474 e. The second-order valence-corrected chi connectivity index (χ2v) is 6.96. The molecule has 0 aliphatic carbocycles. The van der Waals surface area contributed by atoms with Crippen LogP contribution in [0.3, 0.4) is 0 Å². The molecule has 164 valence electrons. The lowest BCUT2D eigenvalue weighted by Crippen LogP contribution is -2.35. The SMILES string of the molecule is Fc1ccccc1.O=C(Cn1cnc2c(c1=O)NCCO2)NCc1cc2cnccc2[nH]1. The maximum absolute atomic E-state index is 12.3. The Morgan fingerprint density at radius 2 is 2.09 bits per heavy atom. The maximum Gasteiger partial charge on any atom is 0.281 e. The van der Waals surface area contributed by atoms with Gasteiger partial charge in [-0.05, 0) is 24.3 Å². The number of rotatable bonds is 4. The summed E-state index contributed by atoms with van der Waals surface area (Å²) in [4.78, 5) is 35.8. The average Bonchev–Trinajstić information content (AvgIpc) is 3.24. The highest BCUT2D eigenvalue weighted by atomic mass is 19.1. The first-order valence-electron chi connectivity index (χ1n) is 9.95. The summed E-state index contributed by atoms with van der Waals surface area (Å²) < 4.78 is 18.5. The molecule has 9 nitrogen and oxygen atoms in total. The van der Waals surface area contributed by atoms with Crippen LogP contribution in [0.2, 0.25) is 0 Å². The Kier molecular flexibility index (Phi) is 6.40. The van der Waals surface area contributed by atoms with E-state index in [1.54, 1.807) is 30.6 Å². The van der Waals surface area contributed by atoms with Crippen LogP contribution >= 0.6 is 0 Å². The first-order valence-corrected chi connectivity index (χ1v) is 9.95. The summed E-state index contributed by atoms with van der Waals surface area (Å²) in [6.45, 7) is 1.23. The molecule has 0 fully saturated rings. The lowest BCUT2D eigenvalue weighted by molar-refractivity contribution is -0.121. The predicted molar refractivity (Wildman–Crippen MR) is 117 cm³/mol. The predicted octanol–water partition coefficient (Wildman–Crippen LogP) is 2.07. The Balaban J connectivity index is 0.000000300. The fourth-order valence-corrected chi connectivity index (χ4v) is 3.12. The lowest BCUT2D eigenvalue weighted by Gasteiger charge is -2.18. The van der Waals surface area contributed by atoms with Crippen molar-refractivity contribution in [1.82, 2.24) is 24.8 Å². The van der Waals surface area contributed by atoms with E-state index in [4.69, 9.17) is 4.74 Å². The number of nitrogens with zero attached hydrogens (tertiary/aromatic N) is 3. The standard InChI is InChI=1S/C16H16N6O3.C6H5F/c23-13(19-7-11-5-10-6-17-2-1-12(10)21-11)8-22-9-20-15-14(16(22)24)18-3-4-25-15;7-6-4-2-1-3-5-6/h1-2,5-6,9,18,21H,3-4,7-8H2,(H,19,23);1-5H. The molecule has 32 heavy (non-hydrogen) atoms. The van der Waals surface area contributed by atoms with Crippen LogP contribution in [0.25, 0.3) is 10.9 Å². The number of anilines is 1. The minimum Gasteiger partial charge on any atom is -0.474 e. The molecular weight excluding hydrogens is 415 g/mol. The van der Waals surface area contributed by atoms with E-state index in [9.17, 15) is 14.0 Å². The minimum absolute atomic E-state index is 0.109. The molecule has 3 aromatic heterocycles. The number of nitrogens with one attached hydrogen (secondary N) is 3. The number of aromatic nitrogens is 4. The first-order chi connectivity index (χ1) is 15.6. The van der Waals surface area contributed by atoms with Crippen LogP contribution < -0.4 is 20.9 Å². The van der Waals surface area contributed by atoms with Crippen LogP contribution in [0.4, 0.5) is 10.1 Å². The number of fused-ring (bicyclic) bond motifs is 2. The van der Waals surface area contributed by atoms with Gasteiger partial charge in [0.2, 0.25) is 11.8 Å². The zero-order chi connectivity index (χ0) is 22.3. The molecule has 0 saturated carbocycles.